The Hall–Kier alpha value is -2.47. The summed E-state index contributed by atoms with van der Waals surface area (Å²) in [5.41, 5.74) is 1.03. The minimum absolute atomic E-state index is 0.00316. The molecule has 1 atom stereocenters. The third-order valence-electron chi connectivity index (χ3n) is 3.60. The monoisotopic (exact) mass is 377 g/mol. The van der Waals surface area contributed by atoms with E-state index in [9.17, 15) is 14.2 Å². The Morgan fingerprint density at radius 3 is 2.04 bits per heavy atom. The molecule has 0 spiro atoms. The van der Waals surface area contributed by atoms with Gasteiger partial charge in [-0.3, -0.25) is 9.36 Å². The first kappa shape index (κ1) is 19.8. The van der Waals surface area contributed by atoms with E-state index < -0.39 is 25.3 Å². The average molecular weight is 377 g/mol. The van der Waals surface area contributed by atoms with Gasteiger partial charge in [-0.2, -0.15) is 0 Å². The van der Waals surface area contributed by atoms with Crippen molar-refractivity contribution in [1.82, 2.24) is 5.32 Å². The summed E-state index contributed by atoms with van der Waals surface area (Å²) in [5.74, 6) is -2.13. The van der Waals surface area contributed by atoms with Gasteiger partial charge in [0.05, 0.1) is 0 Å². The van der Waals surface area contributed by atoms with Crippen molar-refractivity contribution >= 4 is 19.5 Å². The van der Waals surface area contributed by atoms with Crippen molar-refractivity contribution in [3.63, 3.8) is 0 Å². The number of hydrogen-bond acceptors (Lipinski definition) is 6. The molecule has 0 heterocycles. The fourth-order valence-electron chi connectivity index (χ4n) is 2.21. The molecule has 0 aliphatic heterocycles. The van der Waals surface area contributed by atoms with Gasteiger partial charge in [-0.15, -0.1) is 0 Å². The molecule has 0 saturated carbocycles. The molecule has 1 N–H and O–H groups in total. The molecule has 2 aromatic rings. The zero-order valence-electron chi connectivity index (χ0n) is 14.5. The molecular formula is C18H20NO6P. The van der Waals surface area contributed by atoms with Crippen LogP contribution in [0.1, 0.15) is 15.9 Å². The Balaban J connectivity index is 2.15. The van der Waals surface area contributed by atoms with Gasteiger partial charge in [0.1, 0.15) is 6.61 Å². The van der Waals surface area contributed by atoms with Crippen LogP contribution in [-0.4, -0.2) is 31.9 Å². The molecule has 0 aliphatic carbocycles. The number of ether oxygens (including phenoxy) is 1. The fourth-order valence-corrected chi connectivity index (χ4v) is 3.48. The van der Waals surface area contributed by atoms with Crippen LogP contribution in [0.4, 0.5) is 4.79 Å². The summed E-state index contributed by atoms with van der Waals surface area (Å²) in [6.07, 6.45) is -0.905. The second-order valence-corrected chi connectivity index (χ2v) is 7.57. The van der Waals surface area contributed by atoms with Crippen molar-refractivity contribution in [2.24, 2.45) is 0 Å². The Morgan fingerprint density at radius 1 is 0.962 bits per heavy atom. The van der Waals surface area contributed by atoms with E-state index in [0.717, 1.165) is 19.8 Å². The van der Waals surface area contributed by atoms with E-state index in [-0.39, 0.29) is 12.2 Å². The van der Waals surface area contributed by atoms with E-state index in [1.807, 2.05) is 18.2 Å². The second kappa shape index (κ2) is 9.29. The van der Waals surface area contributed by atoms with Crippen LogP contribution in [0.5, 0.6) is 0 Å². The van der Waals surface area contributed by atoms with Crippen molar-refractivity contribution in [2.75, 3.05) is 14.2 Å². The Bertz CT molecular complexity index is 773. The van der Waals surface area contributed by atoms with Crippen LogP contribution in [0.15, 0.2) is 60.7 Å². The molecule has 2 aromatic carbocycles. The van der Waals surface area contributed by atoms with E-state index in [4.69, 9.17) is 13.8 Å². The third-order valence-corrected chi connectivity index (χ3v) is 5.61. The van der Waals surface area contributed by atoms with Crippen molar-refractivity contribution in [3.05, 3.63) is 71.8 Å². The number of carbonyl (C=O) groups is 2. The van der Waals surface area contributed by atoms with Crippen LogP contribution in [0.3, 0.4) is 0 Å². The van der Waals surface area contributed by atoms with Gasteiger partial charge in [0, 0.05) is 19.8 Å². The highest BCUT2D eigenvalue weighted by Gasteiger charge is 2.41. The summed E-state index contributed by atoms with van der Waals surface area (Å²) >= 11 is 0. The summed E-state index contributed by atoms with van der Waals surface area (Å²) in [5, 5.41) is 2.30. The lowest BCUT2D eigenvalue weighted by atomic mass is 10.1. The molecule has 0 aromatic heterocycles. The lowest BCUT2D eigenvalue weighted by molar-refractivity contribution is 0.0935. The molecule has 1 amide bonds. The van der Waals surface area contributed by atoms with E-state index in [2.05, 4.69) is 5.32 Å². The molecule has 1 unspecified atom stereocenters. The number of benzene rings is 2. The molecule has 26 heavy (non-hydrogen) atoms. The molecule has 0 saturated heterocycles. The van der Waals surface area contributed by atoms with Crippen LogP contribution in [0.25, 0.3) is 0 Å². The van der Waals surface area contributed by atoms with Crippen LogP contribution in [0, 0.1) is 0 Å². The number of alkyl carbamates (subject to hydrolysis) is 1. The highest BCUT2D eigenvalue weighted by molar-refractivity contribution is 7.55. The number of ketones is 1. The first-order valence-corrected chi connectivity index (χ1v) is 9.39. The molecule has 0 radical (unpaired) electrons. The normalized spacial score (nSPS) is 12.2. The van der Waals surface area contributed by atoms with E-state index >= 15 is 0 Å². The lowest BCUT2D eigenvalue weighted by Crippen LogP contribution is -2.41. The summed E-state index contributed by atoms with van der Waals surface area (Å²) in [7, 11) is -1.63. The summed E-state index contributed by atoms with van der Waals surface area (Å²) < 4.78 is 27.6. The predicted octanol–water partition coefficient (Wildman–Crippen LogP) is 3.61. The first-order valence-electron chi connectivity index (χ1n) is 7.78. The van der Waals surface area contributed by atoms with Gasteiger partial charge in [0.15, 0.2) is 11.6 Å². The van der Waals surface area contributed by atoms with Crippen LogP contribution >= 0.6 is 7.60 Å². The van der Waals surface area contributed by atoms with Gasteiger partial charge in [0.2, 0.25) is 0 Å². The maximum Gasteiger partial charge on any atom is 0.408 e. The molecule has 138 valence electrons. The van der Waals surface area contributed by atoms with Crippen LogP contribution in [-0.2, 0) is 25.0 Å². The molecule has 7 nitrogen and oxygen atoms in total. The largest absolute Gasteiger partial charge is 0.445 e. The van der Waals surface area contributed by atoms with Gasteiger partial charge < -0.3 is 19.1 Å². The van der Waals surface area contributed by atoms with Crippen molar-refractivity contribution in [3.8, 4) is 0 Å². The van der Waals surface area contributed by atoms with Crippen molar-refractivity contribution in [2.45, 2.75) is 12.4 Å². The minimum Gasteiger partial charge on any atom is -0.445 e. The van der Waals surface area contributed by atoms with Crippen LogP contribution in [0.2, 0.25) is 0 Å². The molecule has 2 rings (SSSR count). The Labute approximate surface area is 151 Å². The predicted molar refractivity (Wildman–Crippen MR) is 95.9 cm³/mol. The van der Waals surface area contributed by atoms with Gasteiger partial charge in [-0.25, -0.2) is 4.79 Å². The zero-order valence-corrected chi connectivity index (χ0v) is 15.3. The molecule has 8 heteroatoms. The second-order valence-electron chi connectivity index (χ2n) is 5.24. The molecule has 0 bridgehead atoms. The summed E-state index contributed by atoms with van der Waals surface area (Å²) in [6, 6.07) is 17.2. The SMILES string of the molecule is COP(=O)(OC)C(NC(=O)OCc1ccccc1)C(=O)c1ccccc1. The number of carbonyl (C=O) groups excluding carboxylic acids is 2. The highest BCUT2D eigenvalue weighted by atomic mass is 31.2. The number of hydrogen-bond donors (Lipinski definition) is 1. The van der Waals surface area contributed by atoms with Gasteiger partial charge in [-0.1, -0.05) is 60.7 Å². The Kier molecular flexibility index (Phi) is 7.09. The highest BCUT2D eigenvalue weighted by Crippen LogP contribution is 2.51. The van der Waals surface area contributed by atoms with Crippen molar-refractivity contribution < 1.29 is 27.9 Å². The lowest BCUT2D eigenvalue weighted by Gasteiger charge is -2.24. The average Bonchev–Trinajstić information content (AvgIpc) is 2.71. The maximum absolute atomic E-state index is 12.7. The smallest absolute Gasteiger partial charge is 0.408 e. The van der Waals surface area contributed by atoms with Gasteiger partial charge in [0.25, 0.3) is 0 Å². The maximum atomic E-state index is 12.7. The molecular weight excluding hydrogens is 357 g/mol. The van der Waals surface area contributed by atoms with E-state index in [0.29, 0.717) is 0 Å². The summed E-state index contributed by atoms with van der Waals surface area (Å²) in [6.45, 7) is 0.00316. The minimum atomic E-state index is -3.92. The van der Waals surface area contributed by atoms with E-state index in [1.165, 1.54) is 0 Å². The number of amides is 1. The number of rotatable bonds is 8. The van der Waals surface area contributed by atoms with E-state index in [1.54, 1.807) is 42.5 Å². The van der Waals surface area contributed by atoms with Crippen molar-refractivity contribution in [1.29, 1.82) is 0 Å². The molecule has 0 fully saturated rings. The first-order chi connectivity index (χ1) is 12.5. The van der Waals surface area contributed by atoms with Gasteiger partial charge in [-0.05, 0) is 5.56 Å². The number of nitrogens with one attached hydrogen (secondary N) is 1. The number of Topliss-reactive ketones (excluding diaryl/α,β-unsaturated/α-hetero) is 1. The van der Waals surface area contributed by atoms with Crippen LogP contribution < -0.4 is 5.32 Å². The standard InChI is InChI=1S/C18H20NO6P/c1-23-26(22,24-2)17(16(20)15-11-7-4-8-12-15)19-18(21)25-13-14-9-5-3-6-10-14/h3-12,17H,13H2,1-2H3,(H,19,21). The third kappa shape index (κ3) is 5.02. The van der Waals surface area contributed by atoms with Gasteiger partial charge >= 0.3 is 13.7 Å². The topological polar surface area (TPSA) is 90.9 Å². The Morgan fingerprint density at radius 2 is 1.50 bits per heavy atom. The molecule has 0 aliphatic rings. The quantitative estimate of drug-likeness (QED) is 0.558. The fraction of sp³-hybridized carbons (Fsp3) is 0.222. The zero-order chi connectivity index (χ0) is 19.0. The summed E-state index contributed by atoms with van der Waals surface area (Å²) in [4.78, 5) is 24.8.